The molecule has 0 aliphatic carbocycles. The molecule has 182 valence electrons. The van der Waals surface area contributed by atoms with Crippen molar-refractivity contribution in [3.05, 3.63) is 66.5 Å². The first kappa shape index (κ1) is 23.2. The van der Waals surface area contributed by atoms with Crippen molar-refractivity contribution >= 4 is 16.9 Å². The predicted octanol–water partition coefficient (Wildman–Crippen LogP) is 3.36. The highest BCUT2D eigenvalue weighted by Gasteiger charge is 2.22. The van der Waals surface area contributed by atoms with Gasteiger partial charge in [0.2, 0.25) is 0 Å². The molecule has 1 aliphatic heterocycles. The van der Waals surface area contributed by atoms with Crippen molar-refractivity contribution in [1.82, 2.24) is 30.0 Å². The molecule has 2 unspecified atom stereocenters. The van der Waals surface area contributed by atoms with Crippen molar-refractivity contribution in [1.29, 1.82) is 0 Å². The lowest BCUT2D eigenvalue weighted by Crippen LogP contribution is -2.46. The van der Waals surface area contributed by atoms with E-state index in [9.17, 15) is 4.79 Å². The Bertz CT molecular complexity index is 1260. The summed E-state index contributed by atoms with van der Waals surface area (Å²) >= 11 is 0. The van der Waals surface area contributed by atoms with Gasteiger partial charge >= 0.3 is 0 Å². The quantitative estimate of drug-likeness (QED) is 0.391. The molecule has 5 heterocycles. The van der Waals surface area contributed by atoms with Crippen molar-refractivity contribution in [2.24, 2.45) is 0 Å². The van der Waals surface area contributed by atoms with Gasteiger partial charge in [-0.1, -0.05) is 0 Å². The second-order valence-corrected chi connectivity index (χ2v) is 9.04. The zero-order chi connectivity index (χ0) is 24.2. The summed E-state index contributed by atoms with van der Waals surface area (Å²) in [5.41, 5.74) is 2.69. The number of hydrogen-bond acceptors (Lipinski definition) is 7. The van der Waals surface area contributed by atoms with E-state index in [4.69, 9.17) is 14.1 Å². The third-order valence-electron chi connectivity index (χ3n) is 6.13. The van der Waals surface area contributed by atoms with Crippen molar-refractivity contribution in [2.75, 3.05) is 26.2 Å². The van der Waals surface area contributed by atoms with Crippen LogP contribution in [-0.4, -0.2) is 68.9 Å². The average molecular weight is 475 g/mol. The van der Waals surface area contributed by atoms with E-state index in [-0.39, 0.29) is 18.1 Å². The molecular weight excluding hydrogens is 444 g/mol. The fraction of sp³-hybridized carbons (Fsp3) is 0.385. The number of fused-ring (bicyclic) bond motifs is 1. The van der Waals surface area contributed by atoms with Crippen LogP contribution in [0.15, 0.2) is 59.6 Å². The average Bonchev–Trinajstić information content (AvgIpc) is 3.52. The zero-order valence-electron chi connectivity index (χ0n) is 20.1. The van der Waals surface area contributed by atoms with E-state index in [1.54, 1.807) is 29.5 Å². The Hall–Kier alpha value is -3.56. The van der Waals surface area contributed by atoms with E-state index in [0.29, 0.717) is 35.4 Å². The van der Waals surface area contributed by atoms with Crippen LogP contribution in [0.3, 0.4) is 0 Å². The van der Waals surface area contributed by atoms with Gasteiger partial charge in [-0.2, -0.15) is 5.10 Å². The van der Waals surface area contributed by atoms with Gasteiger partial charge in [0.1, 0.15) is 12.3 Å². The summed E-state index contributed by atoms with van der Waals surface area (Å²) in [6.07, 6.45) is 8.13. The standard InChI is InChI=1S/C26H30N6O3/c1-18-15-31(16-19(2)35-18)10-5-9-28-26(33)22-12-24(20-6-3-8-27-13-20)30-25-23(22)14-29-32(25)17-21-7-4-11-34-21/h3-4,6-8,11-14,18-19H,5,9-10,15-17H2,1-2H3,(H,28,33). The van der Waals surface area contributed by atoms with Crippen LogP contribution in [-0.2, 0) is 11.3 Å². The molecular formula is C26H30N6O3. The molecule has 35 heavy (non-hydrogen) atoms. The Balaban J connectivity index is 1.35. The van der Waals surface area contributed by atoms with Crippen LogP contribution >= 0.6 is 0 Å². The zero-order valence-corrected chi connectivity index (χ0v) is 20.1. The van der Waals surface area contributed by atoms with E-state index in [0.717, 1.165) is 37.4 Å². The van der Waals surface area contributed by atoms with Crippen molar-refractivity contribution < 1.29 is 13.9 Å². The van der Waals surface area contributed by atoms with Gasteiger partial charge in [0.15, 0.2) is 5.65 Å². The molecule has 1 N–H and O–H groups in total. The lowest BCUT2D eigenvalue weighted by Gasteiger charge is -2.35. The highest BCUT2D eigenvalue weighted by atomic mass is 16.5. The second-order valence-electron chi connectivity index (χ2n) is 9.04. The number of pyridine rings is 2. The van der Waals surface area contributed by atoms with Gasteiger partial charge < -0.3 is 14.5 Å². The highest BCUT2D eigenvalue weighted by molar-refractivity contribution is 6.06. The maximum Gasteiger partial charge on any atom is 0.252 e. The molecule has 1 amide bonds. The Morgan fingerprint density at radius 1 is 1.17 bits per heavy atom. The van der Waals surface area contributed by atoms with Crippen LogP contribution in [0.5, 0.6) is 0 Å². The topological polar surface area (TPSA) is 98.3 Å². The van der Waals surface area contributed by atoms with Gasteiger partial charge in [0, 0.05) is 44.1 Å². The van der Waals surface area contributed by atoms with Gasteiger partial charge in [-0.05, 0) is 50.6 Å². The minimum Gasteiger partial charge on any atom is -0.467 e. The fourth-order valence-corrected chi connectivity index (χ4v) is 4.63. The normalized spacial score (nSPS) is 18.7. The van der Waals surface area contributed by atoms with Crippen LogP contribution in [0, 0.1) is 0 Å². The Morgan fingerprint density at radius 2 is 2.03 bits per heavy atom. The lowest BCUT2D eigenvalue weighted by molar-refractivity contribution is -0.0679. The molecule has 4 aromatic heterocycles. The van der Waals surface area contributed by atoms with Crippen LogP contribution in [0.1, 0.15) is 36.4 Å². The van der Waals surface area contributed by atoms with E-state index < -0.39 is 0 Å². The van der Waals surface area contributed by atoms with Gasteiger partial charge in [0.05, 0.1) is 41.3 Å². The molecule has 0 spiro atoms. The molecule has 9 heteroatoms. The van der Waals surface area contributed by atoms with Gasteiger partial charge in [0.25, 0.3) is 5.91 Å². The molecule has 1 fully saturated rings. The molecule has 1 aliphatic rings. The fourth-order valence-electron chi connectivity index (χ4n) is 4.63. The molecule has 1 saturated heterocycles. The monoisotopic (exact) mass is 474 g/mol. The Kier molecular flexibility index (Phi) is 6.87. The van der Waals surface area contributed by atoms with Gasteiger partial charge in [-0.3, -0.25) is 14.7 Å². The second kappa shape index (κ2) is 10.4. The first-order valence-electron chi connectivity index (χ1n) is 12.0. The van der Waals surface area contributed by atoms with Gasteiger partial charge in [-0.15, -0.1) is 0 Å². The number of amides is 1. The number of hydrogen-bond donors (Lipinski definition) is 1. The van der Waals surface area contributed by atoms with Crippen LogP contribution < -0.4 is 5.32 Å². The largest absolute Gasteiger partial charge is 0.467 e. The molecule has 9 nitrogen and oxygen atoms in total. The summed E-state index contributed by atoms with van der Waals surface area (Å²) in [6.45, 7) is 7.99. The Morgan fingerprint density at radius 3 is 2.77 bits per heavy atom. The third-order valence-corrected chi connectivity index (χ3v) is 6.13. The maximum absolute atomic E-state index is 13.3. The summed E-state index contributed by atoms with van der Waals surface area (Å²) in [5.74, 6) is 0.630. The number of carbonyl (C=O) groups excluding carboxylic acids is 1. The molecule has 0 bridgehead atoms. The van der Waals surface area contributed by atoms with Crippen LogP contribution in [0.4, 0.5) is 0 Å². The summed E-state index contributed by atoms with van der Waals surface area (Å²) in [6, 6.07) is 9.34. The number of carbonyl (C=O) groups is 1. The third kappa shape index (κ3) is 5.41. The van der Waals surface area contributed by atoms with Crippen molar-refractivity contribution in [3.63, 3.8) is 0 Å². The number of furan rings is 1. The highest BCUT2D eigenvalue weighted by Crippen LogP contribution is 2.25. The molecule has 2 atom stereocenters. The number of ether oxygens (including phenoxy) is 1. The summed E-state index contributed by atoms with van der Waals surface area (Å²) < 4.78 is 13.0. The SMILES string of the molecule is CC1CN(CCCNC(=O)c2cc(-c3cccnc3)nc3c2cnn3Cc2ccco2)CC(C)O1. The van der Waals surface area contributed by atoms with Crippen LogP contribution in [0.25, 0.3) is 22.3 Å². The number of nitrogens with one attached hydrogen (secondary N) is 1. The maximum atomic E-state index is 13.3. The van der Waals surface area contributed by atoms with Gasteiger partial charge in [-0.25, -0.2) is 9.67 Å². The van der Waals surface area contributed by atoms with E-state index in [2.05, 4.69) is 34.1 Å². The number of aromatic nitrogens is 4. The predicted molar refractivity (Wildman–Crippen MR) is 132 cm³/mol. The number of morpholine rings is 1. The number of nitrogens with zero attached hydrogens (tertiary/aromatic N) is 5. The van der Waals surface area contributed by atoms with E-state index in [1.165, 1.54) is 0 Å². The number of rotatable bonds is 8. The Labute approximate surface area is 204 Å². The minimum atomic E-state index is -0.135. The first-order valence-corrected chi connectivity index (χ1v) is 12.0. The van der Waals surface area contributed by atoms with E-state index in [1.807, 2.05) is 30.3 Å². The molecule has 4 aromatic rings. The molecule has 0 radical (unpaired) electrons. The van der Waals surface area contributed by atoms with Crippen molar-refractivity contribution in [3.8, 4) is 11.3 Å². The molecule has 5 rings (SSSR count). The summed E-state index contributed by atoms with van der Waals surface area (Å²) in [4.78, 5) is 24.7. The molecule has 0 saturated carbocycles. The smallest absolute Gasteiger partial charge is 0.252 e. The van der Waals surface area contributed by atoms with Crippen LogP contribution in [0.2, 0.25) is 0 Å². The lowest BCUT2D eigenvalue weighted by atomic mass is 10.1. The summed E-state index contributed by atoms with van der Waals surface area (Å²) in [7, 11) is 0. The van der Waals surface area contributed by atoms with Crippen molar-refractivity contribution in [2.45, 2.75) is 39.0 Å². The van der Waals surface area contributed by atoms with E-state index >= 15 is 0 Å². The first-order chi connectivity index (χ1) is 17.1. The molecule has 0 aromatic carbocycles. The minimum absolute atomic E-state index is 0.135. The summed E-state index contributed by atoms with van der Waals surface area (Å²) in [5, 5.41) is 8.30.